The van der Waals surface area contributed by atoms with Crippen LogP contribution >= 0.6 is 31.9 Å². The number of alkyl halides is 2. The Morgan fingerprint density at radius 3 is 2.25 bits per heavy atom. The van der Waals surface area contributed by atoms with Gasteiger partial charge in [0, 0.05) is 0 Å². The highest BCUT2D eigenvalue weighted by atomic mass is 79.9. The van der Waals surface area contributed by atoms with Gasteiger partial charge in [0.25, 0.3) is 0 Å². The molecule has 0 aliphatic carbocycles. The second-order valence-corrected chi connectivity index (χ2v) is 6.16. The topological polar surface area (TPSA) is 29.1 Å². The highest BCUT2D eigenvalue weighted by Gasteiger charge is 2.25. The summed E-state index contributed by atoms with van der Waals surface area (Å²) in [5.41, 5.74) is 1.15. The number of carbonyl (C=O) groups is 1. The van der Waals surface area contributed by atoms with Gasteiger partial charge in [-0.15, -0.1) is 0 Å². The minimum atomic E-state index is -0.510. The summed E-state index contributed by atoms with van der Waals surface area (Å²) in [5.74, 6) is -0.757. The molecule has 20 heavy (non-hydrogen) atoms. The molecule has 2 rings (SSSR count). The van der Waals surface area contributed by atoms with E-state index in [-0.39, 0.29) is 16.4 Å². The average molecular weight is 401 g/mol. The Bertz CT molecular complexity index is 591. The van der Waals surface area contributed by atoms with E-state index in [0.29, 0.717) is 0 Å². The minimum absolute atomic E-state index is 0.176. The molecule has 0 fully saturated rings. The maximum Gasteiger partial charge on any atom is 0.239 e. The van der Waals surface area contributed by atoms with E-state index < -0.39 is 10.6 Å². The smallest absolute Gasteiger partial charge is 0.239 e. The van der Waals surface area contributed by atoms with Crippen molar-refractivity contribution in [3.8, 4) is 0 Å². The third kappa shape index (κ3) is 3.67. The van der Waals surface area contributed by atoms with Crippen molar-refractivity contribution < 1.29 is 9.18 Å². The summed E-state index contributed by atoms with van der Waals surface area (Å²) in [5, 5.41) is 2.57. The van der Waals surface area contributed by atoms with E-state index in [1.165, 1.54) is 12.1 Å². The van der Waals surface area contributed by atoms with E-state index in [1.807, 2.05) is 30.3 Å². The third-order valence-corrected chi connectivity index (χ3v) is 5.47. The monoisotopic (exact) mass is 399 g/mol. The van der Waals surface area contributed by atoms with Gasteiger partial charge < -0.3 is 5.32 Å². The number of hydrogen-bond donors (Lipinski definition) is 1. The van der Waals surface area contributed by atoms with E-state index in [0.717, 1.165) is 5.56 Å². The fraction of sp³-hybridized carbons (Fsp3) is 0.133. The fourth-order valence-electron chi connectivity index (χ4n) is 1.70. The number of benzene rings is 2. The number of rotatable bonds is 4. The van der Waals surface area contributed by atoms with Crippen LogP contribution in [0, 0.1) is 5.82 Å². The lowest BCUT2D eigenvalue weighted by Gasteiger charge is -2.17. The molecule has 104 valence electrons. The summed E-state index contributed by atoms with van der Waals surface area (Å²) in [4.78, 5) is 11.4. The Kier molecular flexibility index (Phi) is 5.31. The number of halogens is 3. The van der Waals surface area contributed by atoms with Crippen LogP contribution in [0.2, 0.25) is 0 Å². The SMILES string of the molecule is O=C(Nc1ccccc1F)[C@H](Br)[C@@H](Br)c1ccccc1. The van der Waals surface area contributed by atoms with Gasteiger partial charge in [0.05, 0.1) is 10.5 Å². The van der Waals surface area contributed by atoms with Crippen LogP contribution in [0.15, 0.2) is 54.6 Å². The molecule has 0 saturated heterocycles. The first-order chi connectivity index (χ1) is 9.59. The second kappa shape index (κ2) is 6.99. The summed E-state index contributed by atoms with van der Waals surface area (Å²) >= 11 is 6.83. The average Bonchev–Trinajstić information content (AvgIpc) is 2.49. The van der Waals surface area contributed by atoms with E-state index >= 15 is 0 Å². The molecule has 0 radical (unpaired) electrons. The molecule has 0 saturated carbocycles. The van der Waals surface area contributed by atoms with Crippen molar-refractivity contribution in [3.05, 3.63) is 66.0 Å². The van der Waals surface area contributed by atoms with Gasteiger partial charge in [-0.25, -0.2) is 4.39 Å². The number of anilines is 1. The van der Waals surface area contributed by atoms with E-state index in [4.69, 9.17) is 0 Å². The van der Waals surface area contributed by atoms with Gasteiger partial charge in [0.15, 0.2) is 0 Å². The molecule has 2 nitrogen and oxygen atoms in total. The molecular formula is C15H12Br2FNO. The number of hydrogen-bond acceptors (Lipinski definition) is 1. The molecule has 2 atom stereocenters. The molecule has 2 aromatic carbocycles. The predicted octanol–water partition coefficient (Wildman–Crippen LogP) is 4.66. The fourth-order valence-corrected chi connectivity index (χ4v) is 2.67. The number of amides is 1. The summed E-state index contributed by atoms with van der Waals surface area (Å²) < 4.78 is 13.5. The molecule has 0 unspecified atom stereocenters. The standard InChI is InChI=1S/C15H12Br2FNO/c16-13(10-6-2-1-3-7-10)14(17)15(20)19-12-9-5-4-8-11(12)18/h1-9,13-14H,(H,19,20)/t13-,14+/m0/s1. The lowest BCUT2D eigenvalue weighted by Crippen LogP contribution is -2.26. The van der Waals surface area contributed by atoms with Gasteiger partial charge in [-0.2, -0.15) is 0 Å². The van der Waals surface area contributed by atoms with Crippen molar-refractivity contribution in [2.75, 3.05) is 5.32 Å². The lowest BCUT2D eigenvalue weighted by molar-refractivity contribution is -0.115. The van der Waals surface area contributed by atoms with Crippen molar-refractivity contribution in [2.45, 2.75) is 9.65 Å². The number of para-hydroxylation sites is 1. The Labute approximate surface area is 133 Å². The van der Waals surface area contributed by atoms with Crippen molar-refractivity contribution in [2.24, 2.45) is 0 Å². The Morgan fingerprint density at radius 2 is 1.60 bits per heavy atom. The maximum atomic E-state index is 13.5. The molecular weight excluding hydrogens is 389 g/mol. The first kappa shape index (κ1) is 15.2. The lowest BCUT2D eigenvalue weighted by atomic mass is 10.1. The Balaban J connectivity index is 2.08. The summed E-state index contributed by atoms with van der Waals surface area (Å²) in [6, 6.07) is 15.6. The van der Waals surface area contributed by atoms with Crippen molar-refractivity contribution in [1.29, 1.82) is 0 Å². The van der Waals surface area contributed by atoms with Crippen LogP contribution in [0.5, 0.6) is 0 Å². The molecule has 2 aromatic rings. The summed E-state index contributed by atoms with van der Waals surface area (Å²) in [7, 11) is 0. The normalized spacial score (nSPS) is 13.6. The largest absolute Gasteiger partial charge is 0.323 e. The number of carbonyl (C=O) groups excluding carboxylic acids is 1. The van der Waals surface area contributed by atoms with Crippen LogP contribution in [-0.4, -0.2) is 10.7 Å². The first-order valence-corrected chi connectivity index (χ1v) is 7.81. The molecule has 0 aliphatic heterocycles. The molecule has 5 heteroatoms. The van der Waals surface area contributed by atoms with Crippen LogP contribution in [0.3, 0.4) is 0 Å². The first-order valence-electron chi connectivity index (χ1n) is 5.98. The highest BCUT2D eigenvalue weighted by Crippen LogP contribution is 2.31. The molecule has 0 aliphatic rings. The zero-order valence-electron chi connectivity index (χ0n) is 10.4. The zero-order valence-corrected chi connectivity index (χ0v) is 13.6. The van der Waals surface area contributed by atoms with E-state index in [2.05, 4.69) is 37.2 Å². The van der Waals surface area contributed by atoms with Gasteiger partial charge in [-0.1, -0.05) is 74.3 Å². The Morgan fingerprint density at radius 1 is 1.00 bits per heavy atom. The third-order valence-electron chi connectivity index (χ3n) is 2.76. The molecule has 1 amide bonds. The van der Waals surface area contributed by atoms with Gasteiger partial charge >= 0.3 is 0 Å². The van der Waals surface area contributed by atoms with E-state index in [9.17, 15) is 9.18 Å². The van der Waals surface area contributed by atoms with Crippen LogP contribution in [0.1, 0.15) is 10.4 Å². The quantitative estimate of drug-likeness (QED) is 0.742. The maximum absolute atomic E-state index is 13.5. The molecule has 0 aromatic heterocycles. The van der Waals surface area contributed by atoms with Crippen molar-refractivity contribution >= 4 is 43.5 Å². The van der Waals surface area contributed by atoms with Gasteiger partial charge in [0.1, 0.15) is 10.6 Å². The zero-order chi connectivity index (χ0) is 14.5. The Hall–Kier alpha value is -1.20. The van der Waals surface area contributed by atoms with Crippen LogP contribution in [0.4, 0.5) is 10.1 Å². The van der Waals surface area contributed by atoms with Crippen molar-refractivity contribution in [3.63, 3.8) is 0 Å². The van der Waals surface area contributed by atoms with Crippen LogP contribution < -0.4 is 5.32 Å². The van der Waals surface area contributed by atoms with Gasteiger partial charge in [-0.05, 0) is 17.7 Å². The summed E-state index contributed by atoms with van der Waals surface area (Å²) in [6.07, 6.45) is 0. The summed E-state index contributed by atoms with van der Waals surface area (Å²) in [6.45, 7) is 0. The number of nitrogens with one attached hydrogen (secondary N) is 1. The minimum Gasteiger partial charge on any atom is -0.323 e. The van der Waals surface area contributed by atoms with Crippen LogP contribution in [-0.2, 0) is 4.79 Å². The molecule has 0 bridgehead atoms. The second-order valence-electron chi connectivity index (χ2n) is 4.18. The van der Waals surface area contributed by atoms with Gasteiger partial charge in [-0.3, -0.25) is 4.79 Å². The highest BCUT2D eigenvalue weighted by molar-refractivity contribution is 9.12. The predicted molar refractivity (Wildman–Crippen MR) is 85.9 cm³/mol. The van der Waals surface area contributed by atoms with Gasteiger partial charge in [0.2, 0.25) is 5.91 Å². The molecule has 1 N–H and O–H groups in total. The van der Waals surface area contributed by atoms with Crippen molar-refractivity contribution in [1.82, 2.24) is 0 Å². The molecule has 0 spiro atoms. The van der Waals surface area contributed by atoms with Crippen LogP contribution in [0.25, 0.3) is 0 Å². The van der Waals surface area contributed by atoms with E-state index in [1.54, 1.807) is 12.1 Å². The molecule has 0 heterocycles.